The minimum atomic E-state index is -0.585. The molecule has 1 aliphatic heterocycles. The predicted octanol–water partition coefficient (Wildman–Crippen LogP) is 1.82. The number of halogens is 1. The number of benzene rings is 1. The van der Waals surface area contributed by atoms with Crippen molar-refractivity contribution in [3.63, 3.8) is 0 Å². The number of carbonyl (C=O) groups is 3. The molecular weight excluding hydrogens is 412 g/mol. The molecule has 0 radical (unpaired) electrons. The Kier molecular flexibility index (Phi) is 4.88. The van der Waals surface area contributed by atoms with Crippen molar-refractivity contribution in [3.8, 4) is 5.95 Å². The molecule has 2 aromatic heterocycles. The van der Waals surface area contributed by atoms with Crippen LogP contribution in [-0.2, 0) is 0 Å². The minimum absolute atomic E-state index is 0.133. The van der Waals surface area contributed by atoms with Gasteiger partial charge in [-0.3, -0.25) is 14.5 Å². The maximum Gasteiger partial charge on any atom is 0.319 e. The third kappa shape index (κ3) is 3.35. The molecule has 1 atom stereocenters. The van der Waals surface area contributed by atoms with Crippen LogP contribution < -0.4 is 10.6 Å². The zero-order chi connectivity index (χ0) is 21.4. The van der Waals surface area contributed by atoms with Crippen LogP contribution in [0, 0.1) is 0 Å². The zero-order valence-corrected chi connectivity index (χ0v) is 16.6. The number of amides is 4. The summed E-state index contributed by atoms with van der Waals surface area (Å²) in [5, 5.41) is 9.53. The summed E-state index contributed by atoms with van der Waals surface area (Å²) in [7, 11) is 1.38. The summed E-state index contributed by atoms with van der Waals surface area (Å²) >= 11 is 6.19. The van der Waals surface area contributed by atoms with Crippen LogP contribution in [0.1, 0.15) is 39.5 Å². The van der Waals surface area contributed by atoms with Crippen LogP contribution in [0.15, 0.2) is 36.9 Å². The van der Waals surface area contributed by atoms with Gasteiger partial charge in [0.15, 0.2) is 5.82 Å². The van der Waals surface area contributed by atoms with Gasteiger partial charge in [0, 0.05) is 19.4 Å². The van der Waals surface area contributed by atoms with Gasteiger partial charge in [0.2, 0.25) is 0 Å². The van der Waals surface area contributed by atoms with E-state index in [0.717, 1.165) is 4.90 Å². The second-order valence-corrected chi connectivity index (χ2v) is 6.85. The summed E-state index contributed by atoms with van der Waals surface area (Å²) in [6.07, 6.45) is 4.47. The lowest BCUT2D eigenvalue weighted by molar-refractivity contribution is 0.0693. The van der Waals surface area contributed by atoms with E-state index in [-0.39, 0.29) is 21.8 Å². The molecule has 3 aromatic rings. The first-order valence-corrected chi connectivity index (χ1v) is 9.15. The Bertz CT molecular complexity index is 1160. The molecule has 0 saturated heterocycles. The number of anilines is 1. The van der Waals surface area contributed by atoms with Gasteiger partial charge in [-0.25, -0.2) is 19.7 Å². The average Bonchev–Trinajstić information content (AvgIpc) is 3.30. The van der Waals surface area contributed by atoms with Crippen LogP contribution in [0.25, 0.3) is 5.95 Å². The number of nitrogens with one attached hydrogen (secondary N) is 2. The number of hydrogen-bond donors (Lipinski definition) is 2. The maximum absolute atomic E-state index is 12.5. The summed E-state index contributed by atoms with van der Waals surface area (Å²) in [6.45, 7) is 1.71. The van der Waals surface area contributed by atoms with Crippen molar-refractivity contribution in [2.24, 2.45) is 0 Å². The molecule has 1 aliphatic rings. The van der Waals surface area contributed by atoms with E-state index in [1.807, 2.05) is 0 Å². The Labute approximate surface area is 175 Å². The van der Waals surface area contributed by atoms with Crippen molar-refractivity contribution in [3.05, 3.63) is 58.9 Å². The van der Waals surface area contributed by atoms with Gasteiger partial charge < -0.3 is 10.6 Å². The Morgan fingerprint density at radius 1 is 1.10 bits per heavy atom. The first-order chi connectivity index (χ1) is 14.4. The second-order valence-electron chi connectivity index (χ2n) is 6.45. The van der Waals surface area contributed by atoms with Crippen molar-refractivity contribution in [1.82, 2.24) is 34.9 Å². The highest BCUT2D eigenvalue weighted by molar-refractivity contribution is 6.35. The molecule has 11 nitrogen and oxygen atoms in total. The van der Waals surface area contributed by atoms with Gasteiger partial charge in [-0.2, -0.15) is 9.78 Å². The monoisotopic (exact) mass is 426 g/mol. The fraction of sp³-hybridized carbons (Fsp3) is 0.167. The van der Waals surface area contributed by atoms with Gasteiger partial charge in [0.1, 0.15) is 6.33 Å². The molecule has 0 unspecified atom stereocenters. The number of fused-ring (bicyclic) bond motifs is 1. The molecule has 30 heavy (non-hydrogen) atoms. The number of hydrogen-bond acceptors (Lipinski definition) is 7. The van der Waals surface area contributed by atoms with E-state index in [4.69, 9.17) is 11.6 Å². The molecule has 0 fully saturated rings. The molecule has 12 heteroatoms. The van der Waals surface area contributed by atoms with Crippen LogP contribution in [0.3, 0.4) is 0 Å². The molecule has 2 N–H and O–H groups in total. The maximum atomic E-state index is 12.5. The molecule has 0 spiro atoms. The third-order valence-electron chi connectivity index (χ3n) is 4.48. The van der Waals surface area contributed by atoms with Crippen LogP contribution in [0.5, 0.6) is 0 Å². The van der Waals surface area contributed by atoms with E-state index in [1.54, 1.807) is 25.4 Å². The number of imide groups is 1. The van der Waals surface area contributed by atoms with Crippen molar-refractivity contribution in [2.45, 2.75) is 13.0 Å². The van der Waals surface area contributed by atoms with Crippen molar-refractivity contribution >= 4 is 35.1 Å². The van der Waals surface area contributed by atoms with Crippen LogP contribution >= 0.6 is 11.6 Å². The van der Waals surface area contributed by atoms with E-state index in [0.29, 0.717) is 11.8 Å². The van der Waals surface area contributed by atoms with E-state index in [9.17, 15) is 14.4 Å². The van der Waals surface area contributed by atoms with Crippen LogP contribution in [0.2, 0.25) is 5.02 Å². The van der Waals surface area contributed by atoms with Crippen molar-refractivity contribution in [1.29, 1.82) is 0 Å². The van der Waals surface area contributed by atoms with E-state index in [1.165, 1.54) is 30.2 Å². The molecule has 0 bridgehead atoms. The SMILES string of the molecule is C[C@H](NC(=O)Nc1cc2c(cc1Cl)C(=O)N(C)C2=O)c1ncnn1-c1ncccn1. The van der Waals surface area contributed by atoms with Crippen LogP contribution in [0.4, 0.5) is 10.5 Å². The molecular formula is C18H15ClN8O3. The lowest BCUT2D eigenvalue weighted by atomic mass is 10.1. The largest absolute Gasteiger partial charge is 0.328 e. The number of aromatic nitrogens is 5. The smallest absolute Gasteiger partial charge is 0.319 e. The molecule has 0 saturated carbocycles. The third-order valence-corrected chi connectivity index (χ3v) is 4.79. The fourth-order valence-electron chi connectivity index (χ4n) is 3.00. The van der Waals surface area contributed by atoms with Gasteiger partial charge in [-0.05, 0) is 25.1 Å². The normalized spacial score (nSPS) is 13.9. The highest BCUT2D eigenvalue weighted by Crippen LogP contribution is 2.31. The molecule has 4 rings (SSSR count). The molecule has 4 amide bonds. The average molecular weight is 427 g/mol. The van der Waals surface area contributed by atoms with Gasteiger partial charge in [-0.15, -0.1) is 0 Å². The summed E-state index contributed by atoms with van der Waals surface area (Å²) in [4.78, 5) is 50.1. The number of carbonyl (C=O) groups excluding carboxylic acids is 3. The minimum Gasteiger partial charge on any atom is -0.328 e. The lowest BCUT2D eigenvalue weighted by Gasteiger charge is -2.15. The molecule has 1 aromatic carbocycles. The first kappa shape index (κ1) is 19.5. The fourth-order valence-corrected chi connectivity index (χ4v) is 3.21. The topological polar surface area (TPSA) is 135 Å². The van der Waals surface area contributed by atoms with Crippen LogP contribution in [-0.4, -0.2) is 54.5 Å². The lowest BCUT2D eigenvalue weighted by Crippen LogP contribution is -2.33. The van der Waals surface area contributed by atoms with E-state index < -0.39 is 23.9 Å². The quantitative estimate of drug-likeness (QED) is 0.607. The molecule has 152 valence electrons. The van der Waals surface area contributed by atoms with E-state index in [2.05, 4.69) is 30.7 Å². The Hall–Kier alpha value is -3.86. The Morgan fingerprint density at radius 2 is 1.77 bits per heavy atom. The second kappa shape index (κ2) is 7.52. The van der Waals surface area contributed by atoms with Gasteiger partial charge in [0.25, 0.3) is 17.8 Å². The summed E-state index contributed by atoms with van der Waals surface area (Å²) in [6, 6.07) is 3.28. The standard InChI is InChI=1S/C18H15ClN8O3/c1-9(14-22-8-23-27(14)17-20-4-3-5-21-17)24-18(30)25-13-7-11-10(6-12(13)19)15(28)26(2)16(11)29/h3-9H,1-2H3,(H2,24,25,30)/t9-/m0/s1. The van der Waals surface area contributed by atoms with Crippen molar-refractivity contribution < 1.29 is 14.4 Å². The number of nitrogens with zero attached hydrogens (tertiary/aromatic N) is 6. The number of rotatable bonds is 4. The highest BCUT2D eigenvalue weighted by atomic mass is 35.5. The number of urea groups is 1. The molecule has 3 heterocycles. The Balaban J connectivity index is 1.51. The summed E-state index contributed by atoms with van der Waals surface area (Å²) in [5.41, 5.74) is 0.573. The highest BCUT2D eigenvalue weighted by Gasteiger charge is 2.34. The Morgan fingerprint density at radius 3 is 2.47 bits per heavy atom. The van der Waals surface area contributed by atoms with Gasteiger partial charge >= 0.3 is 6.03 Å². The van der Waals surface area contributed by atoms with Gasteiger partial charge in [0.05, 0.1) is 27.9 Å². The first-order valence-electron chi connectivity index (χ1n) is 8.77. The summed E-state index contributed by atoms with van der Waals surface area (Å²) < 4.78 is 1.41. The zero-order valence-electron chi connectivity index (χ0n) is 15.8. The predicted molar refractivity (Wildman–Crippen MR) is 105 cm³/mol. The molecule has 0 aliphatic carbocycles. The van der Waals surface area contributed by atoms with E-state index >= 15 is 0 Å². The van der Waals surface area contributed by atoms with Gasteiger partial charge in [-0.1, -0.05) is 11.6 Å². The van der Waals surface area contributed by atoms with Crippen molar-refractivity contribution in [2.75, 3.05) is 12.4 Å². The summed E-state index contributed by atoms with van der Waals surface area (Å²) in [5.74, 6) is -0.171.